The highest BCUT2D eigenvalue weighted by Gasteiger charge is 2.12. The Balaban J connectivity index is 1.41. The monoisotopic (exact) mass is 393 g/mol. The summed E-state index contributed by atoms with van der Waals surface area (Å²) in [6.07, 6.45) is 2.65. The summed E-state index contributed by atoms with van der Waals surface area (Å²) in [6.45, 7) is 1.45. The van der Waals surface area contributed by atoms with Crippen molar-refractivity contribution >= 4 is 22.5 Å². The zero-order chi connectivity index (χ0) is 20.5. The van der Waals surface area contributed by atoms with Gasteiger partial charge in [0, 0.05) is 29.9 Å². The standard InChI is InChI=1S/C27H23NO2/c1-19(29)30-27-15-11-21(17-23(27)16-20-6-3-2-4-7-20)10-12-22-18-25-14-13-24-8-5-9-26(22)28(24)25/h2-9,11,13-15,17-18H,10,12,16H2,1H3. The third-order valence-electron chi connectivity index (χ3n) is 5.65. The lowest BCUT2D eigenvalue weighted by Crippen LogP contribution is -2.05. The summed E-state index contributed by atoms with van der Waals surface area (Å²) >= 11 is 0. The number of rotatable bonds is 6. The molecule has 0 unspecified atom stereocenters. The Morgan fingerprint density at radius 2 is 1.60 bits per heavy atom. The van der Waals surface area contributed by atoms with Crippen LogP contribution in [0.1, 0.15) is 29.2 Å². The van der Waals surface area contributed by atoms with Crippen LogP contribution >= 0.6 is 0 Å². The van der Waals surface area contributed by atoms with Crippen LogP contribution in [-0.2, 0) is 24.1 Å². The van der Waals surface area contributed by atoms with Gasteiger partial charge in [-0.05, 0) is 71.5 Å². The van der Waals surface area contributed by atoms with Crippen LogP contribution in [0, 0.1) is 0 Å². The molecule has 0 N–H and O–H groups in total. The van der Waals surface area contributed by atoms with E-state index in [0.717, 1.165) is 24.8 Å². The number of carbonyl (C=O) groups is 1. The van der Waals surface area contributed by atoms with Gasteiger partial charge in [0.2, 0.25) is 0 Å². The number of esters is 1. The Kier molecular flexibility index (Phi) is 4.72. The first kappa shape index (κ1) is 18.4. The molecule has 30 heavy (non-hydrogen) atoms. The number of benzene rings is 2. The lowest BCUT2D eigenvalue weighted by atomic mass is 9.98. The highest BCUT2D eigenvalue weighted by Crippen LogP contribution is 2.27. The van der Waals surface area contributed by atoms with E-state index < -0.39 is 0 Å². The first-order valence-corrected chi connectivity index (χ1v) is 10.3. The van der Waals surface area contributed by atoms with Crippen molar-refractivity contribution in [2.45, 2.75) is 26.2 Å². The van der Waals surface area contributed by atoms with Gasteiger partial charge in [0.15, 0.2) is 0 Å². The second-order valence-corrected chi connectivity index (χ2v) is 7.80. The Morgan fingerprint density at radius 1 is 0.767 bits per heavy atom. The smallest absolute Gasteiger partial charge is 0.308 e. The molecule has 148 valence electrons. The average Bonchev–Trinajstić information content (AvgIpc) is 3.33. The molecule has 0 bridgehead atoms. The molecule has 0 spiro atoms. The highest BCUT2D eigenvalue weighted by molar-refractivity contribution is 5.77. The molecule has 0 aliphatic carbocycles. The summed E-state index contributed by atoms with van der Waals surface area (Å²) in [4.78, 5) is 11.5. The fraction of sp³-hybridized carbons (Fsp3) is 0.148. The van der Waals surface area contributed by atoms with Crippen LogP contribution in [0.2, 0.25) is 0 Å². The van der Waals surface area contributed by atoms with E-state index in [-0.39, 0.29) is 5.97 Å². The molecule has 3 nitrogen and oxygen atoms in total. The van der Waals surface area contributed by atoms with Gasteiger partial charge in [-0.25, -0.2) is 0 Å². The van der Waals surface area contributed by atoms with E-state index in [2.05, 4.69) is 65.1 Å². The molecule has 0 aliphatic heterocycles. The van der Waals surface area contributed by atoms with E-state index in [1.807, 2.05) is 24.3 Å². The van der Waals surface area contributed by atoms with E-state index in [1.54, 1.807) is 0 Å². The number of ether oxygens (including phenoxy) is 1. The average molecular weight is 393 g/mol. The number of carbonyl (C=O) groups excluding carboxylic acids is 1. The first-order chi connectivity index (χ1) is 14.7. The summed E-state index contributed by atoms with van der Waals surface area (Å²) in [5.41, 5.74) is 8.64. The van der Waals surface area contributed by atoms with Gasteiger partial charge in [-0.1, -0.05) is 48.5 Å². The number of nitrogens with zero attached hydrogens (tertiary/aromatic N) is 1. The minimum atomic E-state index is -0.289. The first-order valence-electron chi connectivity index (χ1n) is 10.3. The third-order valence-corrected chi connectivity index (χ3v) is 5.65. The Hall–Kier alpha value is -3.59. The Morgan fingerprint density at radius 3 is 2.43 bits per heavy atom. The fourth-order valence-electron chi connectivity index (χ4n) is 4.28. The minimum Gasteiger partial charge on any atom is -0.426 e. The van der Waals surface area contributed by atoms with Crippen molar-refractivity contribution in [2.24, 2.45) is 0 Å². The predicted molar refractivity (Wildman–Crippen MR) is 120 cm³/mol. The molecule has 0 aliphatic rings. The van der Waals surface area contributed by atoms with E-state index in [9.17, 15) is 4.79 Å². The van der Waals surface area contributed by atoms with Crippen molar-refractivity contribution in [2.75, 3.05) is 0 Å². The van der Waals surface area contributed by atoms with Gasteiger partial charge in [0.1, 0.15) is 5.75 Å². The van der Waals surface area contributed by atoms with Crippen LogP contribution < -0.4 is 4.74 Å². The topological polar surface area (TPSA) is 30.7 Å². The molecule has 3 heterocycles. The molecule has 2 aromatic carbocycles. The number of pyridine rings is 1. The molecule has 0 radical (unpaired) electrons. The van der Waals surface area contributed by atoms with E-state index in [0.29, 0.717) is 5.75 Å². The van der Waals surface area contributed by atoms with Crippen LogP contribution in [-0.4, -0.2) is 10.4 Å². The summed E-state index contributed by atoms with van der Waals surface area (Å²) in [6, 6.07) is 29.6. The number of hydrogen-bond acceptors (Lipinski definition) is 2. The highest BCUT2D eigenvalue weighted by atomic mass is 16.5. The van der Waals surface area contributed by atoms with Gasteiger partial charge in [-0.3, -0.25) is 4.79 Å². The maximum Gasteiger partial charge on any atom is 0.308 e. The quantitative estimate of drug-likeness (QED) is 0.268. The molecule has 0 saturated carbocycles. The van der Waals surface area contributed by atoms with E-state index >= 15 is 0 Å². The molecule has 0 atom stereocenters. The summed E-state index contributed by atoms with van der Waals surface area (Å²) < 4.78 is 7.79. The van der Waals surface area contributed by atoms with Crippen LogP contribution in [0.3, 0.4) is 0 Å². The van der Waals surface area contributed by atoms with Gasteiger partial charge >= 0.3 is 5.97 Å². The van der Waals surface area contributed by atoms with Crippen LogP contribution in [0.4, 0.5) is 0 Å². The Labute approximate surface area is 175 Å². The minimum absolute atomic E-state index is 0.289. The number of hydrogen-bond donors (Lipinski definition) is 0. The fourth-order valence-corrected chi connectivity index (χ4v) is 4.28. The molecular formula is C27H23NO2. The normalized spacial score (nSPS) is 11.4. The summed E-state index contributed by atoms with van der Waals surface area (Å²) in [7, 11) is 0. The van der Waals surface area contributed by atoms with E-state index in [1.165, 1.54) is 40.2 Å². The van der Waals surface area contributed by atoms with E-state index in [4.69, 9.17) is 4.74 Å². The van der Waals surface area contributed by atoms with Gasteiger partial charge in [0.25, 0.3) is 0 Å². The van der Waals surface area contributed by atoms with Crippen LogP contribution in [0.15, 0.2) is 84.9 Å². The SMILES string of the molecule is CC(=O)Oc1ccc(CCc2cc3ccc4cccc2n43)cc1Cc1ccccc1. The van der Waals surface area contributed by atoms with Crippen molar-refractivity contribution in [3.63, 3.8) is 0 Å². The van der Waals surface area contributed by atoms with Crippen molar-refractivity contribution in [3.8, 4) is 5.75 Å². The summed E-state index contributed by atoms with van der Waals surface area (Å²) in [5, 5.41) is 0. The molecule has 5 rings (SSSR count). The maximum absolute atomic E-state index is 11.5. The largest absolute Gasteiger partial charge is 0.426 e. The van der Waals surface area contributed by atoms with Crippen LogP contribution in [0.25, 0.3) is 16.6 Å². The number of aromatic nitrogens is 1. The molecule has 3 aromatic heterocycles. The number of aryl methyl sites for hydroxylation is 2. The molecular weight excluding hydrogens is 370 g/mol. The van der Waals surface area contributed by atoms with Gasteiger partial charge in [-0.2, -0.15) is 0 Å². The van der Waals surface area contributed by atoms with Gasteiger partial charge in [0.05, 0.1) is 0 Å². The maximum atomic E-state index is 11.5. The van der Waals surface area contributed by atoms with Crippen molar-refractivity contribution < 1.29 is 9.53 Å². The lowest BCUT2D eigenvalue weighted by molar-refractivity contribution is -0.131. The predicted octanol–water partition coefficient (Wildman–Crippen LogP) is 5.83. The molecule has 0 fully saturated rings. The molecule has 0 amide bonds. The second-order valence-electron chi connectivity index (χ2n) is 7.80. The zero-order valence-corrected chi connectivity index (χ0v) is 17.0. The molecule has 0 saturated heterocycles. The lowest BCUT2D eigenvalue weighted by Gasteiger charge is -2.12. The third kappa shape index (κ3) is 3.55. The molecule has 5 aromatic rings. The van der Waals surface area contributed by atoms with Crippen LogP contribution in [0.5, 0.6) is 5.75 Å². The zero-order valence-electron chi connectivity index (χ0n) is 17.0. The molecule has 3 heteroatoms. The van der Waals surface area contributed by atoms with Crippen molar-refractivity contribution in [3.05, 3.63) is 107 Å². The summed E-state index contributed by atoms with van der Waals surface area (Å²) in [5.74, 6) is 0.360. The Bertz CT molecular complexity index is 1310. The van der Waals surface area contributed by atoms with Crippen molar-refractivity contribution in [1.82, 2.24) is 4.40 Å². The van der Waals surface area contributed by atoms with Gasteiger partial charge in [-0.15, -0.1) is 0 Å². The van der Waals surface area contributed by atoms with Gasteiger partial charge < -0.3 is 9.14 Å². The van der Waals surface area contributed by atoms with Crippen molar-refractivity contribution in [1.29, 1.82) is 0 Å². The second kappa shape index (κ2) is 7.68.